The molecule has 0 spiro atoms. The highest BCUT2D eigenvalue weighted by molar-refractivity contribution is 5.82. The Labute approximate surface area is 272 Å². The number of ether oxygens (including phenoxy) is 4. The normalized spacial score (nSPS) is 20.7. The molecule has 1 aromatic heterocycles. The van der Waals surface area contributed by atoms with Crippen molar-refractivity contribution in [1.82, 2.24) is 14.8 Å². The van der Waals surface area contributed by atoms with Crippen LogP contribution < -0.4 is 15.6 Å². The molecular weight excluding hydrogens is 586 g/mol. The molecule has 1 saturated heterocycles. The molecule has 3 atom stereocenters. The summed E-state index contributed by atoms with van der Waals surface area (Å²) in [7, 11) is 3.42. The second-order valence-electron chi connectivity index (χ2n) is 14.1. The Hall–Kier alpha value is -3.37. The molecule has 3 fully saturated rings. The molecule has 1 aromatic carbocycles. The SMILES string of the molecule is COCCCc1cc(OCCOC2CC2)cc(C(NC(=O)[C@H]2CN(C(=O)OC(C)(C)C)CC[C@@H]2c2ccn(C)c(=O)c2)C2CC2)c1. The van der Waals surface area contributed by atoms with Crippen LogP contribution in [-0.2, 0) is 32.5 Å². The van der Waals surface area contributed by atoms with E-state index >= 15 is 0 Å². The van der Waals surface area contributed by atoms with Crippen LogP contribution in [0.5, 0.6) is 5.75 Å². The summed E-state index contributed by atoms with van der Waals surface area (Å²) in [6, 6.07) is 9.64. The van der Waals surface area contributed by atoms with Crippen LogP contribution in [0.3, 0.4) is 0 Å². The number of benzene rings is 1. The predicted molar refractivity (Wildman–Crippen MR) is 175 cm³/mol. The molecule has 2 saturated carbocycles. The van der Waals surface area contributed by atoms with Gasteiger partial charge in [-0.25, -0.2) is 4.79 Å². The Morgan fingerprint density at radius 1 is 1.02 bits per heavy atom. The Morgan fingerprint density at radius 3 is 2.48 bits per heavy atom. The van der Waals surface area contributed by atoms with Gasteiger partial charge in [0.25, 0.3) is 5.56 Å². The lowest BCUT2D eigenvalue weighted by atomic mass is 9.80. The van der Waals surface area contributed by atoms with Crippen molar-refractivity contribution in [2.75, 3.05) is 40.0 Å². The van der Waals surface area contributed by atoms with E-state index in [4.69, 9.17) is 18.9 Å². The summed E-state index contributed by atoms with van der Waals surface area (Å²) in [6.07, 6.45) is 8.26. The average Bonchev–Trinajstić information content (AvgIpc) is 3.94. The summed E-state index contributed by atoms with van der Waals surface area (Å²) in [5, 5.41) is 3.40. The molecule has 2 amide bonds. The van der Waals surface area contributed by atoms with Gasteiger partial charge in [0, 0.05) is 46.1 Å². The number of aryl methyl sites for hydroxylation is 2. The van der Waals surface area contributed by atoms with Gasteiger partial charge in [-0.05, 0) is 112 Å². The fraction of sp³-hybridized carbons (Fsp3) is 0.639. The summed E-state index contributed by atoms with van der Waals surface area (Å²) in [6.45, 7) is 7.85. The number of hydrogen-bond donors (Lipinski definition) is 1. The number of hydrogen-bond acceptors (Lipinski definition) is 7. The van der Waals surface area contributed by atoms with Crippen LogP contribution >= 0.6 is 0 Å². The molecule has 2 aliphatic carbocycles. The van der Waals surface area contributed by atoms with Gasteiger partial charge in [0.15, 0.2) is 0 Å². The van der Waals surface area contributed by atoms with E-state index in [1.807, 2.05) is 32.9 Å². The molecule has 3 aliphatic rings. The van der Waals surface area contributed by atoms with E-state index in [1.54, 1.807) is 31.3 Å². The Morgan fingerprint density at radius 2 is 1.80 bits per heavy atom. The number of piperidine rings is 1. The second kappa shape index (κ2) is 15.0. The lowest BCUT2D eigenvalue weighted by molar-refractivity contribution is -0.128. The summed E-state index contributed by atoms with van der Waals surface area (Å²) in [5.41, 5.74) is 2.21. The first-order valence-corrected chi connectivity index (χ1v) is 16.8. The first-order valence-electron chi connectivity index (χ1n) is 16.8. The topological polar surface area (TPSA) is 108 Å². The van der Waals surface area contributed by atoms with Gasteiger partial charge in [-0.15, -0.1) is 0 Å². The van der Waals surface area contributed by atoms with E-state index in [0.29, 0.717) is 44.8 Å². The van der Waals surface area contributed by atoms with Crippen molar-refractivity contribution in [1.29, 1.82) is 0 Å². The number of amides is 2. The first kappa shape index (κ1) is 34.0. The minimum atomic E-state index is -0.646. The van der Waals surface area contributed by atoms with Crippen molar-refractivity contribution in [3.63, 3.8) is 0 Å². The van der Waals surface area contributed by atoms with Crippen LogP contribution in [0.25, 0.3) is 0 Å². The summed E-state index contributed by atoms with van der Waals surface area (Å²) in [4.78, 5) is 41.6. The third-order valence-electron chi connectivity index (χ3n) is 8.94. The number of carbonyl (C=O) groups excluding carboxylic acids is 2. The molecule has 1 N–H and O–H groups in total. The zero-order chi connectivity index (χ0) is 32.8. The lowest BCUT2D eigenvalue weighted by Gasteiger charge is -2.39. The molecule has 10 heteroatoms. The molecule has 0 bridgehead atoms. The van der Waals surface area contributed by atoms with Crippen molar-refractivity contribution in [2.24, 2.45) is 18.9 Å². The minimum absolute atomic E-state index is 0.123. The van der Waals surface area contributed by atoms with Crippen LogP contribution in [0.2, 0.25) is 0 Å². The van der Waals surface area contributed by atoms with Gasteiger partial charge < -0.3 is 33.7 Å². The highest BCUT2D eigenvalue weighted by atomic mass is 16.6. The van der Waals surface area contributed by atoms with Crippen LogP contribution in [0.1, 0.15) is 87.9 Å². The number of carbonyl (C=O) groups is 2. The molecule has 252 valence electrons. The number of nitrogens with zero attached hydrogens (tertiary/aromatic N) is 2. The maximum atomic E-state index is 14.3. The number of aromatic nitrogens is 1. The van der Waals surface area contributed by atoms with Gasteiger partial charge in [0.2, 0.25) is 5.91 Å². The monoisotopic (exact) mass is 637 g/mol. The van der Waals surface area contributed by atoms with Crippen molar-refractivity contribution in [3.05, 3.63) is 63.6 Å². The number of likely N-dealkylation sites (tertiary alicyclic amines) is 1. The van der Waals surface area contributed by atoms with Crippen molar-refractivity contribution in [2.45, 2.75) is 89.4 Å². The maximum Gasteiger partial charge on any atom is 0.410 e. The summed E-state index contributed by atoms with van der Waals surface area (Å²) >= 11 is 0. The summed E-state index contributed by atoms with van der Waals surface area (Å²) < 4.78 is 24.4. The number of methoxy groups -OCH3 is 1. The fourth-order valence-corrected chi connectivity index (χ4v) is 6.19. The van der Waals surface area contributed by atoms with Gasteiger partial charge >= 0.3 is 6.09 Å². The lowest BCUT2D eigenvalue weighted by Crippen LogP contribution is -2.50. The molecule has 46 heavy (non-hydrogen) atoms. The van der Waals surface area contributed by atoms with E-state index in [2.05, 4.69) is 17.4 Å². The molecule has 5 rings (SSSR count). The molecule has 10 nitrogen and oxygen atoms in total. The molecule has 2 heterocycles. The quantitative estimate of drug-likeness (QED) is 0.286. The zero-order valence-corrected chi connectivity index (χ0v) is 28.1. The van der Waals surface area contributed by atoms with E-state index in [1.165, 1.54) is 4.57 Å². The van der Waals surface area contributed by atoms with Crippen LogP contribution in [0.15, 0.2) is 41.3 Å². The molecular formula is C36H51N3O7. The highest BCUT2D eigenvalue weighted by Crippen LogP contribution is 2.43. The Bertz CT molecular complexity index is 1410. The van der Waals surface area contributed by atoms with Gasteiger partial charge in [-0.3, -0.25) is 9.59 Å². The van der Waals surface area contributed by atoms with E-state index < -0.39 is 17.6 Å². The van der Waals surface area contributed by atoms with Crippen molar-refractivity contribution < 1.29 is 28.5 Å². The molecule has 1 aliphatic heterocycles. The van der Waals surface area contributed by atoms with Gasteiger partial charge in [0.1, 0.15) is 18.0 Å². The Kier molecular flexibility index (Phi) is 11.1. The highest BCUT2D eigenvalue weighted by Gasteiger charge is 2.41. The number of pyridine rings is 1. The molecule has 0 radical (unpaired) electrons. The van der Waals surface area contributed by atoms with Crippen LogP contribution in [0, 0.1) is 11.8 Å². The van der Waals surface area contributed by atoms with Crippen LogP contribution in [-0.4, -0.2) is 73.2 Å². The largest absolute Gasteiger partial charge is 0.491 e. The van der Waals surface area contributed by atoms with E-state index in [9.17, 15) is 14.4 Å². The number of rotatable bonds is 14. The fourth-order valence-electron chi connectivity index (χ4n) is 6.19. The van der Waals surface area contributed by atoms with Crippen molar-refractivity contribution in [3.8, 4) is 5.75 Å². The van der Waals surface area contributed by atoms with Crippen molar-refractivity contribution >= 4 is 12.0 Å². The van der Waals surface area contributed by atoms with Gasteiger partial charge in [-0.2, -0.15) is 0 Å². The predicted octanol–water partition coefficient (Wildman–Crippen LogP) is 5.13. The first-order chi connectivity index (χ1) is 22.0. The maximum absolute atomic E-state index is 14.3. The van der Waals surface area contributed by atoms with Gasteiger partial charge in [0.05, 0.1) is 24.7 Å². The number of nitrogens with one attached hydrogen (secondary N) is 1. The molecule has 1 unspecified atom stereocenters. The average molecular weight is 638 g/mol. The third-order valence-corrected chi connectivity index (χ3v) is 8.94. The summed E-state index contributed by atoms with van der Waals surface area (Å²) in [5.74, 6) is 0.210. The second-order valence-corrected chi connectivity index (χ2v) is 14.1. The van der Waals surface area contributed by atoms with Gasteiger partial charge in [-0.1, -0.05) is 6.07 Å². The standard InChI is InChI=1S/C36H51N3O7/c1-36(2,3)46-35(42)39-15-13-30(26-12-14-38(4)32(40)22-26)31(23-39)34(41)37-33(25-8-9-25)27-19-24(7-6-16-43-5)20-29(21-27)45-18-17-44-28-10-11-28/h12,14,19-22,25,28,30-31,33H,6-11,13,15-18,23H2,1-5H3,(H,37,41)/t30-,31+,33?/m1/s1. The van der Waals surface area contributed by atoms with E-state index in [-0.39, 0.29) is 30.0 Å². The third kappa shape index (κ3) is 9.58. The Balaban J connectivity index is 1.38. The molecule has 2 aromatic rings. The van der Waals surface area contributed by atoms with Crippen LogP contribution in [0.4, 0.5) is 4.79 Å². The minimum Gasteiger partial charge on any atom is -0.491 e. The smallest absolute Gasteiger partial charge is 0.410 e. The van der Waals surface area contributed by atoms with E-state index in [0.717, 1.165) is 61.0 Å². The zero-order valence-electron chi connectivity index (χ0n) is 28.1.